The van der Waals surface area contributed by atoms with Crippen molar-refractivity contribution in [2.24, 2.45) is 0 Å². The minimum atomic E-state index is -0.640. The van der Waals surface area contributed by atoms with Gasteiger partial charge in [-0.2, -0.15) is 10.2 Å². The SMILES string of the molecule is N#Cc1cccc(-c2ccc(-c3nc4nc(O[C@@H]5CO[C@H]6[C@@H]5OC[C@H]6O)[nH]c4cc3Cl)cc2)c1. The van der Waals surface area contributed by atoms with Gasteiger partial charge in [0.15, 0.2) is 11.8 Å². The molecule has 0 radical (unpaired) electrons. The number of nitrogens with zero attached hydrogens (tertiary/aromatic N) is 3. The normalized spacial score (nSPS) is 23.7. The van der Waals surface area contributed by atoms with Crippen molar-refractivity contribution in [1.82, 2.24) is 15.0 Å². The number of pyridine rings is 1. The van der Waals surface area contributed by atoms with Crippen LogP contribution in [0.25, 0.3) is 33.5 Å². The third-order valence-electron chi connectivity index (χ3n) is 6.13. The number of nitriles is 1. The van der Waals surface area contributed by atoms with E-state index in [1.807, 2.05) is 42.5 Å². The monoisotopic (exact) mass is 474 g/mol. The average Bonchev–Trinajstić information content (AvgIpc) is 3.55. The van der Waals surface area contributed by atoms with E-state index in [9.17, 15) is 5.11 Å². The molecule has 170 valence electrons. The molecule has 2 aromatic heterocycles. The number of hydrogen-bond donors (Lipinski definition) is 2. The Labute approximate surface area is 199 Å². The molecule has 2 aliphatic heterocycles. The highest BCUT2D eigenvalue weighted by Crippen LogP contribution is 2.33. The summed E-state index contributed by atoms with van der Waals surface area (Å²) in [7, 11) is 0. The third-order valence-corrected chi connectivity index (χ3v) is 6.42. The molecule has 0 unspecified atom stereocenters. The number of imidazole rings is 1. The van der Waals surface area contributed by atoms with Crippen molar-refractivity contribution in [3.63, 3.8) is 0 Å². The van der Waals surface area contributed by atoms with Gasteiger partial charge in [-0.3, -0.25) is 0 Å². The van der Waals surface area contributed by atoms with Crippen LogP contribution in [-0.4, -0.2) is 57.7 Å². The van der Waals surface area contributed by atoms with E-state index in [1.54, 1.807) is 12.1 Å². The fourth-order valence-electron chi connectivity index (χ4n) is 4.43. The molecule has 0 aliphatic carbocycles. The van der Waals surface area contributed by atoms with Crippen molar-refractivity contribution in [3.05, 3.63) is 65.2 Å². The van der Waals surface area contributed by atoms with Gasteiger partial charge in [0.05, 0.1) is 41.1 Å². The van der Waals surface area contributed by atoms with Crippen LogP contribution >= 0.6 is 11.6 Å². The van der Waals surface area contributed by atoms with Crippen LogP contribution in [0.4, 0.5) is 0 Å². The van der Waals surface area contributed by atoms with E-state index in [2.05, 4.69) is 21.0 Å². The Bertz CT molecular complexity index is 1410. The number of aliphatic hydroxyl groups excluding tert-OH is 1. The second-order valence-corrected chi connectivity index (χ2v) is 8.73. The molecule has 2 aromatic carbocycles. The van der Waals surface area contributed by atoms with Crippen LogP contribution in [0.5, 0.6) is 6.01 Å². The minimum Gasteiger partial charge on any atom is -0.456 e. The van der Waals surface area contributed by atoms with Gasteiger partial charge >= 0.3 is 0 Å². The van der Waals surface area contributed by atoms with E-state index in [1.165, 1.54) is 0 Å². The average molecular weight is 475 g/mol. The molecule has 2 aliphatic rings. The lowest BCUT2D eigenvalue weighted by Crippen LogP contribution is -2.34. The van der Waals surface area contributed by atoms with Gasteiger partial charge in [-0.1, -0.05) is 48.0 Å². The predicted molar refractivity (Wildman–Crippen MR) is 124 cm³/mol. The fraction of sp³-hybridized carbons (Fsp3) is 0.240. The van der Waals surface area contributed by atoms with Crippen LogP contribution in [0.1, 0.15) is 5.56 Å². The van der Waals surface area contributed by atoms with E-state index in [0.29, 0.717) is 40.1 Å². The Balaban J connectivity index is 1.26. The summed E-state index contributed by atoms with van der Waals surface area (Å²) in [5, 5.41) is 19.5. The van der Waals surface area contributed by atoms with E-state index in [0.717, 1.165) is 16.7 Å². The van der Waals surface area contributed by atoms with Gasteiger partial charge in [0.1, 0.15) is 18.3 Å². The molecule has 2 saturated heterocycles. The van der Waals surface area contributed by atoms with Gasteiger partial charge in [0, 0.05) is 5.56 Å². The lowest BCUT2D eigenvalue weighted by atomic mass is 10.0. The second-order valence-electron chi connectivity index (χ2n) is 8.32. The lowest BCUT2D eigenvalue weighted by molar-refractivity contribution is 0.00706. The molecular weight excluding hydrogens is 456 g/mol. The highest BCUT2D eigenvalue weighted by Gasteiger charge is 2.48. The van der Waals surface area contributed by atoms with Crippen LogP contribution in [-0.2, 0) is 9.47 Å². The molecule has 0 bridgehead atoms. The maximum absolute atomic E-state index is 9.91. The molecule has 34 heavy (non-hydrogen) atoms. The van der Waals surface area contributed by atoms with Crippen molar-refractivity contribution in [1.29, 1.82) is 5.26 Å². The van der Waals surface area contributed by atoms with Crippen molar-refractivity contribution in [2.45, 2.75) is 24.4 Å². The number of aliphatic hydroxyl groups is 1. The molecule has 4 heterocycles. The number of ether oxygens (including phenoxy) is 3. The van der Waals surface area contributed by atoms with E-state index >= 15 is 0 Å². The molecule has 0 saturated carbocycles. The van der Waals surface area contributed by atoms with Crippen molar-refractivity contribution in [3.8, 4) is 34.5 Å². The molecular formula is C25H19ClN4O4. The Kier molecular flexibility index (Phi) is 5.20. The lowest BCUT2D eigenvalue weighted by Gasteiger charge is -2.15. The summed E-state index contributed by atoms with van der Waals surface area (Å²) in [4.78, 5) is 12.2. The number of H-pyrrole nitrogens is 1. The van der Waals surface area contributed by atoms with E-state index < -0.39 is 6.10 Å². The summed E-state index contributed by atoms with van der Waals surface area (Å²) in [6.07, 6.45) is -1.72. The molecule has 6 rings (SSSR count). The first-order valence-electron chi connectivity index (χ1n) is 10.8. The van der Waals surface area contributed by atoms with Gasteiger partial charge < -0.3 is 24.3 Å². The van der Waals surface area contributed by atoms with Crippen LogP contribution in [0.2, 0.25) is 5.02 Å². The number of halogens is 1. The maximum atomic E-state index is 9.91. The number of nitrogens with one attached hydrogen (secondary N) is 1. The molecule has 0 spiro atoms. The van der Waals surface area contributed by atoms with Gasteiger partial charge in [0.25, 0.3) is 6.01 Å². The van der Waals surface area contributed by atoms with Gasteiger partial charge in [-0.15, -0.1) is 0 Å². The highest BCUT2D eigenvalue weighted by atomic mass is 35.5. The molecule has 0 amide bonds. The molecule has 4 aromatic rings. The Morgan fingerprint density at radius 2 is 1.79 bits per heavy atom. The van der Waals surface area contributed by atoms with Crippen LogP contribution in [0.15, 0.2) is 54.6 Å². The van der Waals surface area contributed by atoms with Crippen molar-refractivity contribution in [2.75, 3.05) is 13.2 Å². The second kappa shape index (κ2) is 8.38. The van der Waals surface area contributed by atoms with Gasteiger partial charge in [0.2, 0.25) is 0 Å². The summed E-state index contributed by atoms with van der Waals surface area (Å²) >= 11 is 6.55. The first kappa shape index (κ1) is 21.1. The van der Waals surface area contributed by atoms with E-state index in [-0.39, 0.29) is 24.9 Å². The third kappa shape index (κ3) is 3.69. The predicted octanol–water partition coefficient (Wildman–Crippen LogP) is 3.72. The summed E-state index contributed by atoms with van der Waals surface area (Å²) in [6.45, 7) is 0.547. The fourth-order valence-corrected chi connectivity index (χ4v) is 4.69. The minimum absolute atomic E-state index is 0.235. The molecule has 8 nitrogen and oxygen atoms in total. The van der Waals surface area contributed by atoms with Crippen LogP contribution < -0.4 is 4.74 Å². The molecule has 9 heteroatoms. The summed E-state index contributed by atoms with van der Waals surface area (Å²) < 4.78 is 17.2. The summed E-state index contributed by atoms with van der Waals surface area (Å²) in [5.41, 5.74) is 5.15. The molecule has 2 N–H and O–H groups in total. The van der Waals surface area contributed by atoms with E-state index in [4.69, 9.17) is 31.1 Å². The van der Waals surface area contributed by atoms with Gasteiger partial charge in [-0.25, -0.2) is 4.98 Å². The van der Waals surface area contributed by atoms with Crippen molar-refractivity contribution >= 4 is 22.8 Å². The Morgan fingerprint density at radius 1 is 1.00 bits per heavy atom. The zero-order valence-electron chi connectivity index (χ0n) is 17.8. The van der Waals surface area contributed by atoms with Gasteiger partial charge in [-0.05, 0) is 29.3 Å². The number of rotatable bonds is 4. The zero-order chi connectivity index (χ0) is 23.2. The smallest absolute Gasteiger partial charge is 0.296 e. The number of benzene rings is 2. The maximum Gasteiger partial charge on any atom is 0.296 e. The topological polar surface area (TPSA) is 113 Å². The first-order chi connectivity index (χ1) is 16.6. The molecule has 4 atom stereocenters. The van der Waals surface area contributed by atoms with Crippen LogP contribution in [0, 0.1) is 11.3 Å². The number of aromatic amines is 1. The molecule has 2 fully saturated rings. The first-order valence-corrected chi connectivity index (χ1v) is 11.2. The number of fused-ring (bicyclic) bond motifs is 2. The Morgan fingerprint density at radius 3 is 2.62 bits per heavy atom. The van der Waals surface area contributed by atoms with Crippen molar-refractivity contribution < 1.29 is 19.3 Å². The summed E-state index contributed by atoms with van der Waals surface area (Å²) in [6, 6.07) is 19.5. The summed E-state index contributed by atoms with van der Waals surface area (Å²) in [5.74, 6) is 0. The number of aromatic nitrogens is 3. The quantitative estimate of drug-likeness (QED) is 0.463. The Hall–Kier alpha value is -3.48. The standard InChI is InChI=1S/C25H19ClN4O4/c26-17-9-18-24(30-25(28-18)34-20-12-33-22-19(31)11-32-23(20)22)29-21(17)15-6-4-14(5-7-15)16-3-1-2-13(8-16)10-27/h1-9,19-20,22-23,31H,11-12H2,(H,28,29,30)/t19-,20-,22-,23-/m1/s1. The zero-order valence-corrected chi connectivity index (χ0v) is 18.6. The largest absolute Gasteiger partial charge is 0.456 e. The number of hydrogen-bond acceptors (Lipinski definition) is 7. The van der Waals surface area contributed by atoms with Crippen LogP contribution in [0.3, 0.4) is 0 Å². The highest BCUT2D eigenvalue weighted by molar-refractivity contribution is 6.33.